The molecule has 0 bridgehead atoms. The quantitative estimate of drug-likeness (QED) is 0.0628. The molecule has 340 valence electrons. The second-order valence-corrected chi connectivity index (χ2v) is 17.9. The first-order valence-corrected chi connectivity index (χ1v) is 25.7. The van der Waals surface area contributed by atoms with Gasteiger partial charge in [0.25, 0.3) is 0 Å². The summed E-state index contributed by atoms with van der Waals surface area (Å²) >= 11 is 0. The molecule has 1 saturated heterocycles. The van der Waals surface area contributed by atoms with Gasteiger partial charge in [0.2, 0.25) is 10.9 Å². The van der Waals surface area contributed by atoms with Crippen molar-refractivity contribution in [3.8, 4) is 11.5 Å². The minimum atomic E-state index is 0.00229. The first-order chi connectivity index (χ1) is 29.6. The highest BCUT2D eigenvalue weighted by molar-refractivity contribution is 5.52. The number of hydrogen-bond donors (Lipinski definition) is 0. The third-order valence-electron chi connectivity index (χ3n) is 12.6. The van der Waals surface area contributed by atoms with Crippen LogP contribution in [-0.2, 0) is 0 Å². The van der Waals surface area contributed by atoms with E-state index in [1.165, 1.54) is 193 Å². The Balaban J connectivity index is 1.22. The van der Waals surface area contributed by atoms with E-state index in [9.17, 15) is 9.59 Å². The van der Waals surface area contributed by atoms with Crippen LogP contribution >= 0.6 is 0 Å². The van der Waals surface area contributed by atoms with E-state index in [1.54, 1.807) is 12.1 Å². The molecule has 1 fully saturated rings. The molecule has 0 atom stereocenters. The number of rotatable bonds is 38. The van der Waals surface area contributed by atoms with Gasteiger partial charge in [-0.3, -0.25) is 9.59 Å². The number of nitrogens with zero attached hydrogens (tertiary/aromatic N) is 2. The summed E-state index contributed by atoms with van der Waals surface area (Å²) in [6, 6.07) is 14.6. The van der Waals surface area contributed by atoms with Gasteiger partial charge in [0.1, 0.15) is 11.5 Å². The molecule has 0 spiro atoms. The lowest BCUT2D eigenvalue weighted by molar-refractivity contribution is 0.304. The fraction of sp³-hybridized carbons (Fsp3) is 0.741. The van der Waals surface area contributed by atoms with Crippen LogP contribution in [0.15, 0.2) is 58.1 Å². The highest BCUT2D eigenvalue weighted by Crippen LogP contribution is 2.21. The van der Waals surface area contributed by atoms with E-state index in [4.69, 9.17) is 9.47 Å². The molecule has 0 unspecified atom stereocenters. The lowest BCUT2D eigenvalue weighted by atomic mass is 10.0. The average Bonchev–Trinajstić information content (AvgIpc) is 3.57. The van der Waals surface area contributed by atoms with Gasteiger partial charge in [-0.25, -0.2) is 0 Å². The summed E-state index contributed by atoms with van der Waals surface area (Å²) in [6.07, 6.45) is 43.4. The van der Waals surface area contributed by atoms with Crippen molar-refractivity contribution in [2.75, 3.05) is 49.2 Å². The van der Waals surface area contributed by atoms with Crippen LogP contribution in [0.2, 0.25) is 0 Å². The van der Waals surface area contributed by atoms with E-state index in [-0.39, 0.29) is 10.9 Å². The van der Waals surface area contributed by atoms with Gasteiger partial charge < -0.3 is 19.3 Å². The van der Waals surface area contributed by atoms with Crippen molar-refractivity contribution in [3.05, 3.63) is 69.0 Å². The standard InChI is InChI=1S/C54H90N2O4/c1-3-5-7-9-11-13-15-17-19-21-23-25-27-29-31-33-47-59-49-35-39-51(53(57)41-37-49)55-43-45-56(46-44-55)52-40-36-50(38-42-54(52)58)60-48-34-32-30-28-26-24-22-20-18-16-14-12-10-8-6-4-2/h35-42H,3-34,43-48H2,1-2H3. The molecule has 0 saturated carbocycles. The third kappa shape index (κ3) is 24.4. The summed E-state index contributed by atoms with van der Waals surface area (Å²) in [5.41, 5.74) is 1.39. The van der Waals surface area contributed by atoms with Crippen molar-refractivity contribution in [2.24, 2.45) is 0 Å². The third-order valence-corrected chi connectivity index (χ3v) is 12.6. The SMILES string of the molecule is CCCCCCCCCCCCCCCCCCOc1ccc(N2CCN(c3ccc(OCCCCCCCCCCCCCCCCCC)ccc3=O)CC2)c(=O)cc1. The maximum absolute atomic E-state index is 13.1. The van der Waals surface area contributed by atoms with Crippen LogP contribution in [0.25, 0.3) is 0 Å². The molecule has 60 heavy (non-hydrogen) atoms. The van der Waals surface area contributed by atoms with E-state index >= 15 is 0 Å². The van der Waals surface area contributed by atoms with E-state index in [1.807, 2.05) is 36.4 Å². The van der Waals surface area contributed by atoms with Gasteiger partial charge in [-0.1, -0.05) is 206 Å². The van der Waals surface area contributed by atoms with Gasteiger partial charge in [-0.15, -0.1) is 0 Å². The zero-order chi connectivity index (χ0) is 42.6. The molecule has 3 rings (SSSR count). The lowest BCUT2D eigenvalue weighted by Crippen LogP contribution is -2.48. The average molecular weight is 831 g/mol. The molecule has 0 amide bonds. The van der Waals surface area contributed by atoms with Crippen LogP contribution in [-0.4, -0.2) is 39.4 Å². The molecule has 6 nitrogen and oxygen atoms in total. The van der Waals surface area contributed by atoms with Gasteiger partial charge in [-0.2, -0.15) is 0 Å². The molecule has 2 aromatic carbocycles. The molecule has 1 aliphatic heterocycles. The zero-order valence-corrected chi connectivity index (χ0v) is 39.0. The van der Waals surface area contributed by atoms with Crippen LogP contribution < -0.4 is 30.1 Å². The molecule has 1 heterocycles. The highest BCUT2D eigenvalue weighted by Gasteiger charge is 2.20. The predicted molar refractivity (Wildman–Crippen MR) is 260 cm³/mol. The van der Waals surface area contributed by atoms with E-state index in [0.717, 1.165) is 24.3 Å². The van der Waals surface area contributed by atoms with Gasteiger partial charge in [0, 0.05) is 26.2 Å². The molecule has 6 heteroatoms. The monoisotopic (exact) mass is 831 g/mol. The summed E-state index contributed by atoms with van der Waals surface area (Å²) in [6.45, 7) is 8.65. The summed E-state index contributed by atoms with van der Waals surface area (Å²) in [7, 11) is 0. The van der Waals surface area contributed by atoms with Crippen molar-refractivity contribution >= 4 is 11.4 Å². The summed E-state index contributed by atoms with van der Waals surface area (Å²) in [5, 5.41) is 0. The predicted octanol–water partition coefficient (Wildman–Crippen LogP) is 15.0. The Labute approximate surface area is 368 Å². The van der Waals surface area contributed by atoms with Crippen LogP contribution in [0, 0.1) is 0 Å². The number of unbranched alkanes of at least 4 members (excludes halogenated alkanes) is 30. The zero-order valence-electron chi connectivity index (χ0n) is 39.0. The molecule has 0 aromatic heterocycles. The van der Waals surface area contributed by atoms with Gasteiger partial charge in [0.05, 0.1) is 24.6 Å². The number of ether oxygens (including phenoxy) is 2. The molecule has 0 aliphatic carbocycles. The largest absolute Gasteiger partial charge is 0.494 e. The smallest absolute Gasteiger partial charge is 0.201 e. The summed E-state index contributed by atoms with van der Waals surface area (Å²) < 4.78 is 12.1. The highest BCUT2D eigenvalue weighted by atomic mass is 16.5. The van der Waals surface area contributed by atoms with Gasteiger partial charge >= 0.3 is 0 Å². The van der Waals surface area contributed by atoms with Crippen molar-refractivity contribution in [3.63, 3.8) is 0 Å². The van der Waals surface area contributed by atoms with Gasteiger partial charge in [0.15, 0.2) is 0 Å². The topological polar surface area (TPSA) is 59.1 Å². The molecular formula is C54H90N2O4. The summed E-state index contributed by atoms with van der Waals surface area (Å²) in [5.74, 6) is 1.50. The molecule has 1 aliphatic rings. The van der Waals surface area contributed by atoms with Gasteiger partial charge in [-0.05, 0) is 61.4 Å². The van der Waals surface area contributed by atoms with Crippen molar-refractivity contribution in [2.45, 2.75) is 219 Å². The fourth-order valence-electron chi connectivity index (χ4n) is 8.67. The first kappa shape index (κ1) is 51.3. The number of anilines is 2. The first-order valence-electron chi connectivity index (χ1n) is 25.7. The van der Waals surface area contributed by atoms with E-state index < -0.39 is 0 Å². The van der Waals surface area contributed by atoms with Crippen LogP contribution in [0.3, 0.4) is 0 Å². The minimum absolute atomic E-state index is 0.00229. The molecule has 0 N–H and O–H groups in total. The minimum Gasteiger partial charge on any atom is -0.494 e. The fourth-order valence-corrected chi connectivity index (χ4v) is 8.67. The summed E-state index contributed by atoms with van der Waals surface area (Å²) in [4.78, 5) is 30.4. The van der Waals surface area contributed by atoms with Crippen LogP contribution in [0.1, 0.15) is 219 Å². The normalized spacial score (nSPS) is 12.9. The van der Waals surface area contributed by atoms with Crippen molar-refractivity contribution < 1.29 is 9.47 Å². The van der Waals surface area contributed by atoms with Crippen LogP contribution in [0.5, 0.6) is 11.5 Å². The van der Waals surface area contributed by atoms with E-state index in [0.29, 0.717) is 50.8 Å². The second kappa shape index (κ2) is 35.6. The molecular weight excluding hydrogens is 741 g/mol. The maximum Gasteiger partial charge on any atom is 0.201 e. The second-order valence-electron chi connectivity index (χ2n) is 17.9. The Kier molecular flexibility index (Phi) is 30.4. The van der Waals surface area contributed by atoms with Crippen molar-refractivity contribution in [1.29, 1.82) is 0 Å². The van der Waals surface area contributed by atoms with Crippen LogP contribution in [0.4, 0.5) is 11.4 Å². The molecule has 2 aromatic rings. The maximum atomic E-state index is 13.1. The Bertz CT molecular complexity index is 1330. The number of piperazine rings is 1. The Morgan fingerprint density at radius 2 is 0.567 bits per heavy atom. The Morgan fingerprint density at radius 3 is 0.833 bits per heavy atom. The van der Waals surface area contributed by atoms with Crippen molar-refractivity contribution in [1.82, 2.24) is 0 Å². The van der Waals surface area contributed by atoms with E-state index in [2.05, 4.69) is 23.6 Å². The Hall–Kier alpha value is -3.02. The lowest BCUT2D eigenvalue weighted by Gasteiger charge is -2.36. The Morgan fingerprint density at radius 1 is 0.333 bits per heavy atom. The number of hydrogen-bond acceptors (Lipinski definition) is 6. The molecule has 0 radical (unpaired) electrons.